The molecule has 0 aliphatic rings. The topological polar surface area (TPSA) is 0 Å². The fourth-order valence-corrected chi connectivity index (χ4v) is 2.28. The molecule has 2 rings (SSSR count). The van der Waals surface area contributed by atoms with Crippen molar-refractivity contribution in [2.24, 2.45) is 0 Å². The van der Waals surface area contributed by atoms with Crippen LogP contribution in [0.4, 0.5) is 4.39 Å². The highest BCUT2D eigenvalue weighted by Crippen LogP contribution is 2.31. The van der Waals surface area contributed by atoms with Crippen molar-refractivity contribution in [2.75, 3.05) is 0 Å². The van der Waals surface area contributed by atoms with E-state index in [2.05, 4.69) is 0 Å². The number of benzene rings is 2. The van der Waals surface area contributed by atoms with E-state index in [-0.39, 0.29) is 11.7 Å². The van der Waals surface area contributed by atoms with Crippen LogP contribution in [0.25, 0.3) is 11.1 Å². The van der Waals surface area contributed by atoms with E-state index in [1.165, 1.54) is 12.1 Å². The molecule has 0 amide bonds. The molecule has 0 saturated carbocycles. The molecule has 4 heteroatoms. The van der Waals surface area contributed by atoms with Crippen molar-refractivity contribution < 1.29 is 4.39 Å². The van der Waals surface area contributed by atoms with Gasteiger partial charge in [0.2, 0.25) is 0 Å². The maximum absolute atomic E-state index is 13.4. The van der Waals surface area contributed by atoms with Crippen LogP contribution in [0.5, 0.6) is 0 Å². The number of hydrogen-bond donors (Lipinski definition) is 0. The molecule has 88 valence electrons. The van der Waals surface area contributed by atoms with Gasteiger partial charge in [0.1, 0.15) is 5.82 Å². The summed E-state index contributed by atoms with van der Waals surface area (Å²) in [6.45, 7) is 0. The molecule has 2 aromatic rings. The molecule has 0 radical (unpaired) electrons. The zero-order chi connectivity index (χ0) is 12.4. The zero-order valence-electron chi connectivity index (χ0n) is 8.68. The summed E-state index contributed by atoms with van der Waals surface area (Å²) in [6, 6.07) is 9.74. The van der Waals surface area contributed by atoms with Crippen LogP contribution in [0.1, 0.15) is 5.56 Å². The Morgan fingerprint density at radius 2 is 1.76 bits per heavy atom. The molecule has 0 spiro atoms. The molecule has 0 aliphatic heterocycles. The highest BCUT2D eigenvalue weighted by atomic mass is 35.5. The molecule has 0 saturated heterocycles. The van der Waals surface area contributed by atoms with Gasteiger partial charge in [-0.2, -0.15) is 0 Å². The van der Waals surface area contributed by atoms with Crippen molar-refractivity contribution >= 4 is 34.8 Å². The predicted octanol–water partition coefficient (Wildman–Crippen LogP) is 5.54. The van der Waals surface area contributed by atoms with Gasteiger partial charge in [-0.15, -0.1) is 11.6 Å². The van der Waals surface area contributed by atoms with Crippen LogP contribution < -0.4 is 0 Å². The molecule has 0 atom stereocenters. The minimum atomic E-state index is -0.329. The lowest BCUT2D eigenvalue weighted by molar-refractivity contribution is 0.627. The molecule has 0 N–H and O–H groups in total. The van der Waals surface area contributed by atoms with E-state index in [0.29, 0.717) is 21.2 Å². The van der Waals surface area contributed by atoms with Gasteiger partial charge >= 0.3 is 0 Å². The third-order valence-electron chi connectivity index (χ3n) is 2.35. The fraction of sp³-hybridized carbons (Fsp3) is 0.0769. The fourth-order valence-electron chi connectivity index (χ4n) is 1.61. The Bertz CT molecular complexity index is 552. The van der Waals surface area contributed by atoms with Crippen LogP contribution in [-0.2, 0) is 5.88 Å². The maximum Gasteiger partial charge on any atom is 0.124 e. The molecule has 0 aromatic heterocycles. The van der Waals surface area contributed by atoms with Crippen molar-refractivity contribution in [2.45, 2.75) is 5.88 Å². The highest BCUT2D eigenvalue weighted by molar-refractivity contribution is 6.36. The second-order valence-corrected chi connectivity index (χ2v) is 4.72. The van der Waals surface area contributed by atoms with Crippen molar-refractivity contribution in [1.82, 2.24) is 0 Å². The van der Waals surface area contributed by atoms with E-state index in [9.17, 15) is 4.39 Å². The van der Waals surface area contributed by atoms with E-state index < -0.39 is 0 Å². The van der Waals surface area contributed by atoms with Gasteiger partial charge in [0.25, 0.3) is 0 Å². The smallest absolute Gasteiger partial charge is 0.124 e. The van der Waals surface area contributed by atoms with Gasteiger partial charge in [-0.25, -0.2) is 4.39 Å². The van der Waals surface area contributed by atoms with E-state index in [0.717, 1.165) is 5.56 Å². The molecule has 0 bridgehead atoms. The molecule has 17 heavy (non-hydrogen) atoms. The van der Waals surface area contributed by atoms with Gasteiger partial charge in [0.15, 0.2) is 0 Å². The normalized spacial score (nSPS) is 10.6. The van der Waals surface area contributed by atoms with Crippen molar-refractivity contribution in [1.29, 1.82) is 0 Å². The van der Waals surface area contributed by atoms with Gasteiger partial charge in [-0.3, -0.25) is 0 Å². The SMILES string of the molecule is Fc1cc(CCl)cc(-c2ccc(Cl)cc2Cl)c1. The maximum atomic E-state index is 13.4. The van der Waals surface area contributed by atoms with Crippen molar-refractivity contribution in [3.63, 3.8) is 0 Å². The minimum absolute atomic E-state index is 0.260. The Balaban J connectivity index is 2.55. The zero-order valence-corrected chi connectivity index (χ0v) is 11.0. The first-order chi connectivity index (χ1) is 8.10. The predicted molar refractivity (Wildman–Crippen MR) is 71.4 cm³/mol. The molecule has 0 nitrogen and oxygen atoms in total. The van der Waals surface area contributed by atoms with Gasteiger partial charge in [0, 0.05) is 21.5 Å². The van der Waals surface area contributed by atoms with Crippen LogP contribution in [0.2, 0.25) is 10.0 Å². The molecule has 0 heterocycles. The third-order valence-corrected chi connectivity index (χ3v) is 3.21. The summed E-state index contributed by atoms with van der Waals surface area (Å²) in [5.41, 5.74) is 2.15. The summed E-state index contributed by atoms with van der Waals surface area (Å²) in [5, 5.41) is 1.04. The third kappa shape index (κ3) is 2.92. The van der Waals surface area contributed by atoms with Gasteiger partial charge in [-0.1, -0.05) is 29.3 Å². The average Bonchev–Trinajstić information content (AvgIpc) is 2.28. The summed E-state index contributed by atoms with van der Waals surface area (Å²) >= 11 is 17.6. The Kier molecular flexibility index (Phi) is 3.93. The Labute approximate surface area is 114 Å². The quantitative estimate of drug-likeness (QED) is 0.637. The second kappa shape index (κ2) is 5.26. The lowest BCUT2D eigenvalue weighted by Gasteiger charge is -2.07. The molecule has 0 aliphatic carbocycles. The summed E-state index contributed by atoms with van der Waals surface area (Å²) in [5.74, 6) is -0.0696. The Hall–Kier alpha value is -0.760. The van der Waals surface area contributed by atoms with Crippen molar-refractivity contribution in [3.05, 3.63) is 57.8 Å². The number of hydrogen-bond acceptors (Lipinski definition) is 0. The van der Waals surface area contributed by atoms with Gasteiger partial charge in [-0.05, 0) is 41.5 Å². The number of rotatable bonds is 2. The lowest BCUT2D eigenvalue weighted by atomic mass is 10.0. The Morgan fingerprint density at radius 1 is 1.00 bits per heavy atom. The summed E-state index contributed by atoms with van der Waals surface area (Å²) in [7, 11) is 0. The summed E-state index contributed by atoms with van der Waals surface area (Å²) < 4.78 is 13.4. The first kappa shape index (κ1) is 12.7. The van der Waals surface area contributed by atoms with Gasteiger partial charge < -0.3 is 0 Å². The summed E-state index contributed by atoms with van der Waals surface area (Å²) in [6.07, 6.45) is 0. The van der Waals surface area contributed by atoms with E-state index >= 15 is 0 Å². The van der Waals surface area contributed by atoms with E-state index in [4.69, 9.17) is 34.8 Å². The summed E-state index contributed by atoms with van der Waals surface area (Å²) in [4.78, 5) is 0. The average molecular weight is 290 g/mol. The van der Waals surface area contributed by atoms with Crippen molar-refractivity contribution in [3.8, 4) is 11.1 Å². The van der Waals surface area contributed by atoms with E-state index in [1.54, 1.807) is 18.2 Å². The van der Waals surface area contributed by atoms with Crippen LogP contribution in [-0.4, -0.2) is 0 Å². The molecule has 0 fully saturated rings. The number of halogens is 4. The molecular formula is C13H8Cl3F. The second-order valence-electron chi connectivity index (χ2n) is 3.61. The minimum Gasteiger partial charge on any atom is -0.207 e. The Morgan fingerprint density at radius 3 is 2.41 bits per heavy atom. The molecule has 0 unspecified atom stereocenters. The first-order valence-corrected chi connectivity index (χ1v) is 6.20. The highest BCUT2D eigenvalue weighted by Gasteiger charge is 2.07. The monoisotopic (exact) mass is 288 g/mol. The lowest BCUT2D eigenvalue weighted by Crippen LogP contribution is -1.86. The first-order valence-electron chi connectivity index (χ1n) is 4.91. The van der Waals surface area contributed by atoms with Gasteiger partial charge in [0.05, 0.1) is 0 Å². The number of alkyl halides is 1. The van der Waals surface area contributed by atoms with E-state index in [1.807, 2.05) is 6.07 Å². The molecular weight excluding hydrogens is 282 g/mol. The largest absolute Gasteiger partial charge is 0.207 e. The van der Waals surface area contributed by atoms with Crippen LogP contribution >= 0.6 is 34.8 Å². The van der Waals surface area contributed by atoms with Crippen LogP contribution in [0.15, 0.2) is 36.4 Å². The van der Waals surface area contributed by atoms with Crippen LogP contribution in [0, 0.1) is 5.82 Å². The van der Waals surface area contributed by atoms with Crippen LogP contribution in [0.3, 0.4) is 0 Å². The molecule has 2 aromatic carbocycles. The standard InChI is InChI=1S/C13H8Cl3F/c14-7-8-3-9(5-11(17)4-8)12-2-1-10(15)6-13(12)16/h1-6H,7H2.